The van der Waals surface area contributed by atoms with E-state index in [-0.39, 0.29) is 23.3 Å². The zero-order chi connectivity index (χ0) is 24.7. The van der Waals surface area contributed by atoms with Crippen LogP contribution < -0.4 is 5.32 Å². The number of amides is 1. The lowest BCUT2D eigenvalue weighted by Crippen LogP contribution is -2.36. The summed E-state index contributed by atoms with van der Waals surface area (Å²) in [6.45, 7) is 7.89. The molecule has 0 unspecified atom stereocenters. The Labute approximate surface area is 202 Å². The number of nitrogens with one attached hydrogen (secondary N) is 1. The molecule has 1 aliphatic rings. The highest BCUT2D eigenvalue weighted by atomic mass is 16.5. The summed E-state index contributed by atoms with van der Waals surface area (Å²) in [6, 6.07) is 15.7. The molecule has 1 fully saturated rings. The quantitative estimate of drug-likeness (QED) is 0.532. The molecule has 182 valence electrons. The van der Waals surface area contributed by atoms with E-state index in [1.54, 1.807) is 18.2 Å². The second-order valence-corrected chi connectivity index (χ2v) is 9.59. The lowest BCUT2D eigenvalue weighted by molar-refractivity contribution is -0.124. The van der Waals surface area contributed by atoms with Gasteiger partial charge in [-0.25, -0.2) is 9.59 Å². The summed E-state index contributed by atoms with van der Waals surface area (Å²) in [7, 11) is 0. The molecule has 0 aromatic heterocycles. The van der Waals surface area contributed by atoms with Crippen molar-refractivity contribution < 1.29 is 23.9 Å². The molecule has 1 aliphatic carbocycles. The lowest BCUT2D eigenvalue weighted by atomic mass is 9.75. The maximum absolute atomic E-state index is 13.0. The zero-order valence-electron chi connectivity index (χ0n) is 20.5. The second kappa shape index (κ2) is 11.8. The molecule has 3 rings (SSSR count). The van der Waals surface area contributed by atoms with Gasteiger partial charge in [-0.05, 0) is 55.2 Å². The molecule has 0 saturated heterocycles. The number of carbonyl (C=O) groups is 3. The van der Waals surface area contributed by atoms with E-state index in [0.717, 1.165) is 24.8 Å². The lowest BCUT2D eigenvalue weighted by Gasteiger charge is -2.36. The van der Waals surface area contributed by atoms with Crippen molar-refractivity contribution in [3.8, 4) is 0 Å². The fraction of sp³-hybridized carbons (Fsp3) is 0.464. The maximum Gasteiger partial charge on any atom is 0.339 e. The van der Waals surface area contributed by atoms with Crippen molar-refractivity contribution in [2.24, 2.45) is 17.8 Å². The zero-order valence-corrected chi connectivity index (χ0v) is 20.5. The van der Waals surface area contributed by atoms with E-state index in [1.165, 1.54) is 6.07 Å². The van der Waals surface area contributed by atoms with Crippen LogP contribution in [0.3, 0.4) is 0 Å². The highest BCUT2D eigenvalue weighted by Crippen LogP contribution is 2.35. The molecule has 0 heterocycles. The molecule has 1 N–H and O–H groups in total. The first-order valence-electron chi connectivity index (χ1n) is 12.1. The predicted octanol–water partition coefficient (Wildman–Crippen LogP) is 5.34. The molecule has 4 atom stereocenters. The van der Waals surface area contributed by atoms with Gasteiger partial charge in [-0.15, -0.1) is 0 Å². The Hall–Kier alpha value is -3.15. The number of esters is 2. The molecule has 0 aliphatic heterocycles. The fourth-order valence-electron chi connectivity index (χ4n) is 4.61. The third kappa shape index (κ3) is 6.69. The van der Waals surface area contributed by atoms with Crippen LogP contribution in [0.5, 0.6) is 0 Å². The van der Waals surface area contributed by atoms with Crippen molar-refractivity contribution in [3.63, 3.8) is 0 Å². The van der Waals surface area contributed by atoms with Crippen LogP contribution in [0.4, 0.5) is 0 Å². The fourth-order valence-corrected chi connectivity index (χ4v) is 4.61. The van der Waals surface area contributed by atoms with Gasteiger partial charge in [0.15, 0.2) is 6.61 Å². The molecular formula is C28H35NO5. The molecular weight excluding hydrogens is 430 g/mol. The molecule has 1 amide bonds. The first-order chi connectivity index (χ1) is 16.3. The molecule has 6 heteroatoms. The summed E-state index contributed by atoms with van der Waals surface area (Å²) in [5.74, 6) is -0.477. The Morgan fingerprint density at radius 2 is 1.53 bits per heavy atom. The minimum atomic E-state index is -0.729. The van der Waals surface area contributed by atoms with Crippen LogP contribution in [0.25, 0.3) is 0 Å². The van der Waals surface area contributed by atoms with Gasteiger partial charge in [-0.2, -0.15) is 0 Å². The van der Waals surface area contributed by atoms with E-state index in [0.29, 0.717) is 17.8 Å². The van der Waals surface area contributed by atoms with E-state index in [2.05, 4.69) is 26.1 Å². The second-order valence-electron chi connectivity index (χ2n) is 9.59. The van der Waals surface area contributed by atoms with Gasteiger partial charge in [0.2, 0.25) is 0 Å². The molecule has 6 nitrogen and oxygen atoms in total. The van der Waals surface area contributed by atoms with Gasteiger partial charge in [0.25, 0.3) is 5.91 Å². The standard InChI is InChI=1S/C28H35NO5/c1-18(2)22-15-14-19(3)16-25(22)34-28(32)24-13-9-8-12-23(24)27(31)33-17-26(30)29-20(4)21-10-6-5-7-11-21/h5-13,18-20,22,25H,14-17H2,1-4H3,(H,29,30)/t19-,20+,22-,25+/m1/s1. The minimum absolute atomic E-state index is 0.0985. The van der Waals surface area contributed by atoms with Gasteiger partial charge < -0.3 is 14.8 Å². The van der Waals surface area contributed by atoms with E-state index in [4.69, 9.17) is 9.47 Å². The van der Waals surface area contributed by atoms with Gasteiger partial charge in [0, 0.05) is 0 Å². The van der Waals surface area contributed by atoms with Crippen molar-refractivity contribution in [2.75, 3.05) is 6.61 Å². The van der Waals surface area contributed by atoms with Crippen molar-refractivity contribution >= 4 is 17.8 Å². The molecule has 2 aromatic carbocycles. The first kappa shape index (κ1) is 25.5. The number of rotatable bonds is 8. The molecule has 2 aromatic rings. The number of hydrogen-bond acceptors (Lipinski definition) is 5. The Morgan fingerprint density at radius 3 is 2.18 bits per heavy atom. The highest BCUT2D eigenvalue weighted by molar-refractivity contribution is 6.03. The largest absolute Gasteiger partial charge is 0.458 e. The number of ether oxygens (including phenoxy) is 2. The summed E-state index contributed by atoms with van der Waals surface area (Å²) >= 11 is 0. The maximum atomic E-state index is 13.0. The summed E-state index contributed by atoms with van der Waals surface area (Å²) in [6.07, 6.45) is 2.80. The Balaban J connectivity index is 1.62. The third-order valence-corrected chi connectivity index (χ3v) is 6.60. The number of hydrogen-bond donors (Lipinski definition) is 1. The summed E-state index contributed by atoms with van der Waals surface area (Å²) < 4.78 is 11.1. The van der Waals surface area contributed by atoms with Gasteiger partial charge in [0.05, 0.1) is 17.2 Å². The van der Waals surface area contributed by atoms with Crippen molar-refractivity contribution in [3.05, 3.63) is 71.3 Å². The van der Waals surface area contributed by atoms with E-state index in [9.17, 15) is 14.4 Å². The number of benzene rings is 2. The minimum Gasteiger partial charge on any atom is -0.458 e. The predicted molar refractivity (Wildman–Crippen MR) is 130 cm³/mol. The molecule has 0 bridgehead atoms. The highest BCUT2D eigenvalue weighted by Gasteiger charge is 2.34. The van der Waals surface area contributed by atoms with Gasteiger partial charge in [0.1, 0.15) is 6.10 Å². The number of carbonyl (C=O) groups excluding carboxylic acids is 3. The van der Waals surface area contributed by atoms with E-state index >= 15 is 0 Å². The monoisotopic (exact) mass is 465 g/mol. The van der Waals surface area contributed by atoms with Crippen LogP contribution in [-0.2, 0) is 14.3 Å². The molecule has 34 heavy (non-hydrogen) atoms. The third-order valence-electron chi connectivity index (χ3n) is 6.60. The Kier molecular flexibility index (Phi) is 8.85. The topological polar surface area (TPSA) is 81.7 Å². The van der Waals surface area contributed by atoms with Crippen LogP contribution in [0.1, 0.15) is 79.3 Å². The van der Waals surface area contributed by atoms with Crippen LogP contribution in [0, 0.1) is 17.8 Å². The first-order valence-corrected chi connectivity index (χ1v) is 12.1. The molecule has 0 radical (unpaired) electrons. The van der Waals surface area contributed by atoms with E-state index < -0.39 is 24.5 Å². The van der Waals surface area contributed by atoms with Crippen LogP contribution >= 0.6 is 0 Å². The smallest absolute Gasteiger partial charge is 0.339 e. The SMILES string of the molecule is CC(C)[C@H]1CC[C@@H](C)C[C@@H]1OC(=O)c1ccccc1C(=O)OCC(=O)N[C@@H](C)c1ccccc1. The Bertz CT molecular complexity index is 987. The molecule has 0 spiro atoms. The summed E-state index contributed by atoms with van der Waals surface area (Å²) in [4.78, 5) is 38.1. The van der Waals surface area contributed by atoms with Crippen molar-refractivity contribution in [1.29, 1.82) is 0 Å². The average Bonchev–Trinajstić information content (AvgIpc) is 2.83. The van der Waals surface area contributed by atoms with Gasteiger partial charge in [-0.3, -0.25) is 4.79 Å². The Morgan fingerprint density at radius 1 is 0.912 bits per heavy atom. The van der Waals surface area contributed by atoms with E-state index in [1.807, 2.05) is 37.3 Å². The van der Waals surface area contributed by atoms with Crippen molar-refractivity contribution in [1.82, 2.24) is 5.32 Å². The van der Waals surface area contributed by atoms with Gasteiger partial charge >= 0.3 is 11.9 Å². The summed E-state index contributed by atoms with van der Waals surface area (Å²) in [5.41, 5.74) is 1.21. The summed E-state index contributed by atoms with van der Waals surface area (Å²) in [5, 5.41) is 2.81. The van der Waals surface area contributed by atoms with Gasteiger partial charge in [-0.1, -0.05) is 69.7 Å². The van der Waals surface area contributed by atoms with Crippen LogP contribution in [0.2, 0.25) is 0 Å². The average molecular weight is 466 g/mol. The van der Waals surface area contributed by atoms with Crippen LogP contribution in [-0.4, -0.2) is 30.6 Å². The van der Waals surface area contributed by atoms with Crippen LogP contribution in [0.15, 0.2) is 54.6 Å². The molecule has 1 saturated carbocycles. The normalized spacial score (nSPS) is 20.9. The van der Waals surface area contributed by atoms with Crippen molar-refractivity contribution in [2.45, 2.75) is 59.1 Å².